The lowest BCUT2D eigenvalue weighted by Crippen LogP contribution is -2.30. The second-order valence-corrected chi connectivity index (χ2v) is 7.04. The Morgan fingerprint density at radius 1 is 0.773 bits per heavy atom. The second kappa shape index (κ2) is 6.16. The van der Waals surface area contributed by atoms with Crippen molar-refractivity contribution in [2.24, 2.45) is 0 Å². The lowest BCUT2D eigenvalue weighted by molar-refractivity contribution is 0.346. The van der Waals surface area contributed by atoms with Gasteiger partial charge in [0.15, 0.2) is 0 Å². The molecule has 1 nitrogen and oxygen atoms in total. The Morgan fingerprint density at radius 2 is 1.27 bits per heavy atom. The van der Waals surface area contributed by atoms with Gasteiger partial charge < -0.3 is 5.73 Å². The zero-order chi connectivity index (χ0) is 15.6. The van der Waals surface area contributed by atoms with E-state index in [1.165, 1.54) is 48.8 Å². The van der Waals surface area contributed by atoms with E-state index in [-0.39, 0.29) is 5.41 Å². The minimum atomic E-state index is 0.182. The Hall–Kier alpha value is -1.76. The van der Waals surface area contributed by atoms with Crippen LogP contribution in [0.4, 0.5) is 5.69 Å². The smallest absolute Gasteiger partial charge is 0.0314 e. The van der Waals surface area contributed by atoms with Crippen molar-refractivity contribution >= 4 is 5.69 Å². The summed E-state index contributed by atoms with van der Waals surface area (Å²) in [7, 11) is 0. The van der Waals surface area contributed by atoms with Crippen molar-refractivity contribution in [1.82, 2.24) is 0 Å². The van der Waals surface area contributed by atoms with E-state index in [1.807, 2.05) is 12.1 Å². The van der Waals surface area contributed by atoms with Gasteiger partial charge in [-0.25, -0.2) is 0 Å². The maximum Gasteiger partial charge on any atom is 0.0314 e. The zero-order valence-electron chi connectivity index (χ0n) is 13.8. The molecule has 2 N–H and O–H groups in total. The highest BCUT2D eigenvalue weighted by atomic mass is 14.5. The largest absolute Gasteiger partial charge is 0.399 e. The van der Waals surface area contributed by atoms with Crippen LogP contribution in [0.2, 0.25) is 0 Å². The number of hydrogen-bond donors (Lipinski definition) is 1. The standard InChI is InChI=1S/C21H27N/c1-16(2)17-6-8-18(9-7-17)21(14-4-3-5-15-21)19-10-12-20(22)13-11-19/h6-13,16H,3-5,14-15,22H2,1-2H3. The van der Waals surface area contributed by atoms with Crippen LogP contribution in [0.3, 0.4) is 0 Å². The van der Waals surface area contributed by atoms with Crippen molar-refractivity contribution in [3.63, 3.8) is 0 Å². The van der Waals surface area contributed by atoms with Crippen LogP contribution >= 0.6 is 0 Å². The molecule has 0 saturated heterocycles. The van der Waals surface area contributed by atoms with Crippen molar-refractivity contribution in [3.8, 4) is 0 Å². The predicted octanol–water partition coefficient (Wildman–Crippen LogP) is 5.64. The summed E-state index contributed by atoms with van der Waals surface area (Å²) in [4.78, 5) is 0. The van der Waals surface area contributed by atoms with Crippen LogP contribution in [-0.2, 0) is 5.41 Å². The molecule has 1 aliphatic rings. The Bertz CT molecular complexity index is 601. The molecule has 0 aromatic heterocycles. The number of hydrogen-bond acceptors (Lipinski definition) is 1. The molecule has 1 fully saturated rings. The van der Waals surface area contributed by atoms with Crippen LogP contribution in [0.5, 0.6) is 0 Å². The van der Waals surface area contributed by atoms with Crippen LogP contribution < -0.4 is 5.73 Å². The molecule has 1 heteroatoms. The number of benzene rings is 2. The van der Waals surface area contributed by atoms with E-state index in [1.54, 1.807) is 0 Å². The van der Waals surface area contributed by atoms with Gasteiger partial charge in [-0.05, 0) is 47.6 Å². The van der Waals surface area contributed by atoms with Crippen molar-refractivity contribution in [2.75, 3.05) is 5.73 Å². The van der Waals surface area contributed by atoms with Gasteiger partial charge in [0, 0.05) is 11.1 Å². The van der Waals surface area contributed by atoms with Crippen LogP contribution in [0.1, 0.15) is 68.6 Å². The van der Waals surface area contributed by atoms with Crippen LogP contribution in [0.25, 0.3) is 0 Å². The minimum absolute atomic E-state index is 0.182. The third kappa shape index (κ3) is 2.77. The molecule has 0 atom stereocenters. The van der Waals surface area contributed by atoms with Gasteiger partial charge in [0.1, 0.15) is 0 Å². The first-order valence-corrected chi connectivity index (χ1v) is 8.58. The molecule has 2 aromatic carbocycles. The molecule has 22 heavy (non-hydrogen) atoms. The molecule has 1 aliphatic carbocycles. The van der Waals surface area contributed by atoms with Gasteiger partial charge in [-0.1, -0.05) is 69.5 Å². The first-order valence-electron chi connectivity index (χ1n) is 8.58. The zero-order valence-corrected chi connectivity index (χ0v) is 13.8. The fraction of sp³-hybridized carbons (Fsp3) is 0.429. The third-order valence-electron chi connectivity index (χ3n) is 5.30. The SMILES string of the molecule is CC(C)c1ccc(C2(c3ccc(N)cc3)CCCCC2)cc1. The average molecular weight is 293 g/mol. The summed E-state index contributed by atoms with van der Waals surface area (Å²) in [6.45, 7) is 4.51. The first-order chi connectivity index (χ1) is 10.6. The number of nitrogen functional groups attached to an aromatic ring is 1. The molecule has 3 rings (SSSR count). The van der Waals surface area contributed by atoms with Gasteiger partial charge in [-0.15, -0.1) is 0 Å². The van der Waals surface area contributed by atoms with E-state index in [9.17, 15) is 0 Å². The number of rotatable bonds is 3. The normalized spacial score (nSPS) is 17.6. The summed E-state index contributed by atoms with van der Waals surface area (Å²) in [5.41, 5.74) is 11.3. The molecule has 0 radical (unpaired) electrons. The number of anilines is 1. The van der Waals surface area contributed by atoms with Crippen LogP contribution in [-0.4, -0.2) is 0 Å². The second-order valence-electron chi connectivity index (χ2n) is 7.04. The lowest BCUT2D eigenvalue weighted by Gasteiger charge is -2.39. The highest BCUT2D eigenvalue weighted by Crippen LogP contribution is 2.45. The van der Waals surface area contributed by atoms with Gasteiger partial charge in [0.2, 0.25) is 0 Å². The summed E-state index contributed by atoms with van der Waals surface area (Å²) in [5.74, 6) is 0.591. The van der Waals surface area contributed by atoms with Gasteiger partial charge in [-0.2, -0.15) is 0 Å². The van der Waals surface area contributed by atoms with Crippen molar-refractivity contribution in [1.29, 1.82) is 0 Å². The molecule has 1 saturated carbocycles. The van der Waals surface area contributed by atoms with Crippen molar-refractivity contribution in [2.45, 2.75) is 57.3 Å². The summed E-state index contributed by atoms with van der Waals surface area (Å²) < 4.78 is 0. The maximum atomic E-state index is 5.89. The minimum Gasteiger partial charge on any atom is -0.399 e. The Balaban J connectivity index is 2.03. The molecule has 0 amide bonds. The molecule has 0 aliphatic heterocycles. The van der Waals surface area contributed by atoms with Crippen LogP contribution in [0, 0.1) is 0 Å². The van der Waals surface area contributed by atoms with Crippen molar-refractivity contribution < 1.29 is 0 Å². The van der Waals surface area contributed by atoms with E-state index in [0.717, 1.165) is 5.69 Å². The fourth-order valence-corrected chi connectivity index (χ4v) is 3.89. The highest BCUT2D eigenvalue weighted by Gasteiger charge is 2.35. The van der Waals surface area contributed by atoms with Crippen molar-refractivity contribution in [3.05, 3.63) is 65.2 Å². The summed E-state index contributed by atoms with van der Waals surface area (Å²) >= 11 is 0. The topological polar surface area (TPSA) is 26.0 Å². The molecular weight excluding hydrogens is 266 g/mol. The Morgan fingerprint density at radius 3 is 1.77 bits per heavy atom. The summed E-state index contributed by atoms with van der Waals surface area (Å²) in [6, 6.07) is 17.9. The Labute approximate surface area is 134 Å². The van der Waals surface area contributed by atoms with E-state index in [2.05, 4.69) is 50.2 Å². The van der Waals surface area contributed by atoms with Gasteiger partial charge in [0.25, 0.3) is 0 Å². The van der Waals surface area contributed by atoms with E-state index >= 15 is 0 Å². The summed E-state index contributed by atoms with van der Waals surface area (Å²) in [5, 5.41) is 0. The summed E-state index contributed by atoms with van der Waals surface area (Å²) in [6.07, 6.45) is 6.49. The maximum absolute atomic E-state index is 5.89. The Kier molecular flexibility index (Phi) is 4.24. The molecular formula is C21H27N. The molecule has 2 aromatic rings. The predicted molar refractivity (Wildman–Crippen MR) is 95.3 cm³/mol. The molecule has 116 valence electrons. The van der Waals surface area contributed by atoms with E-state index in [0.29, 0.717) is 5.92 Å². The van der Waals surface area contributed by atoms with Gasteiger partial charge in [-0.3, -0.25) is 0 Å². The quantitative estimate of drug-likeness (QED) is 0.728. The number of nitrogens with two attached hydrogens (primary N) is 1. The fourth-order valence-electron chi connectivity index (χ4n) is 3.89. The highest BCUT2D eigenvalue weighted by molar-refractivity contribution is 5.46. The van der Waals surface area contributed by atoms with Gasteiger partial charge in [0.05, 0.1) is 0 Å². The molecule has 0 bridgehead atoms. The van der Waals surface area contributed by atoms with Crippen LogP contribution in [0.15, 0.2) is 48.5 Å². The first kappa shape index (κ1) is 15.1. The van der Waals surface area contributed by atoms with Gasteiger partial charge >= 0.3 is 0 Å². The molecule has 0 heterocycles. The third-order valence-corrected chi connectivity index (χ3v) is 5.30. The van der Waals surface area contributed by atoms with E-state index in [4.69, 9.17) is 5.73 Å². The molecule has 0 unspecified atom stereocenters. The molecule has 0 spiro atoms. The monoisotopic (exact) mass is 293 g/mol. The van der Waals surface area contributed by atoms with E-state index < -0.39 is 0 Å². The average Bonchev–Trinajstić information content (AvgIpc) is 2.56. The lowest BCUT2D eigenvalue weighted by atomic mass is 9.65.